The van der Waals surface area contributed by atoms with Crippen molar-refractivity contribution in [3.05, 3.63) is 0 Å². The van der Waals surface area contributed by atoms with Crippen molar-refractivity contribution in [3.8, 4) is 0 Å². The second-order valence-corrected chi connectivity index (χ2v) is 9.46. The molecule has 0 bridgehead atoms. The van der Waals surface area contributed by atoms with Crippen molar-refractivity contribution >= 4 is 17.7 Å². The minimum atomic E-state index is -0.00137. The third kappa shape index (κ3) is 23.9. The Balaban J connectivity index is 3.13. The summed E-state index contributed by atoms with van der Waals surface area (Å²) in [5.74, 6) is 2.11. The molecule has 0 aromatic carbocycles. The molecule has 0 unspecified atom stereocenters. The average Bonchev–Trinajstić information content (AvgIpc) is 2.70. The highest BCUT2D eigenvalue weighted by atomic mass is 32.2. The summed E-state index contributed by atoms with van der Waals surface area (Å²) >= 11 is 1.91. The van der Waals surface area contributed by atoms with Gasteiger partial charge in [-0.1, -0.05) is 117 Å². The van der Waals surface area contributed by atoms with E-state index in [2.05, 4.69) is 13.8 Å². The first-order valence-corrected chi connectivity index (χ1v) is 13.7. The van der Waals surface area contributed by atoms with Crippen molar-refractivity contribution in [2.75, 3.05) is 18.1 Å². The minimum absolute atomic E-state index is 0.00137. The van der Waals surface area contributed by atoms with Crippen molar-refractivity contribution in [2.24, 2.45) is 0 Å². The molecule has 0 aromatic heterocycles. The molecule has 0 aliphatic rings. The molecule has 0 spiro atoms. The Morgan fingerprint density at radius 1 is 0.571 bits per heavy atom. The van der Waals surface area contributed by atoms with E-state index in [0.717, 1.165) is 12.2 Å². The van der Waals surface area contributed by atoms with E-state index in [1.54, 1.807) is 0 Å². The molecule has 0 N–H and O–H groups in total. The van der Waals surface area contributed by atoms with Gasteiger partial charge in [-0.15, -0.1) is 0 Å². The Labute approximate surface area is 181 Å². The van der Waals surface area contributed by atoms with Gasteiger partial charge in [-0.3, -0.25) is 4.79 Å². The first-order chi connectivity index (χ1) is 13.8. The number of carbonyl (C=O) groups excluding carboxylic acids is 1. The average molecular weight is 415 g/mol. The Morgan fingerprint density at radius 2 is 1.00 bits per heavy atom. The van der Waals surface area contributed by atoms with E-state index in [9.17, 15) is 4.79 Å². The fraction of sp³-hybridized carbons (Fsp3) is 0.960. The van der Waals surface area contributed by atoms with Gasteiger partial charge in [-0.25, -0.2) is 0 Å². The highest BCUT2D eigenvalue weighted by Crippen LogP contribution is 2.13. The number of ether oxygens (including phenoxy) is 1. The van der Waals surface area contributed by atoms with Crippen molar-refractivity contribution in [1.82, 2.24) is 0 Å². The number of rotatable bonds is 23. The van der Waals surface area contributed by atoms with E-state index in [1.165, 1.54) is 115 Å². The third-order valence-corrected chi connectivity index (χ3v) is 6.42. The lowest BCUT2D eigenvalue weighted by molar-refractivity contribution is -0.143. The fourth-order valence-electron chi connectivity index (χ4n) is 3.44. The molecule has 0 radical (unpaired) electrons. The second kappa shape index (κ2) is 24.9. The zero-order valence-electron chi connectivity index (χ0n) is 19.3. The van der Waals surface area contributed by atoms with E-state index >= 15 is 0 Å². The lowest BCUT2D eigenvalue weighted by atomic mass is 10.1. The monoisotopic (exact) mass is 414 g/mol. The van der Waals surface area contributed by atoms with Crippen LogP contribution in [0.4, 0.5) is 0 Å². The summed E-state index contributed by atoms with van der Waals surface area (Å²) in [5.41, 5.74) is 0. The number of carbonyl (C=O) groups is 1. The van der Waals surface area contributed by atoms with Crippen molar-refractivity contribution < 1.29 is 9.53 Å². The predicted octanol–water partition coefficient (Wildman–Crippen LogP) is 8.71. The Hall–Kier alpha value is -0.180. The molecule has 0 fully saturated rings. The summed E-state index contributed by atoms with van der Waals surface area (Å²) in [5, 5.41) is 0. The Kier molecular flexibility index (Phi) is 24.7. The van der Waals surface area contributed by atoms with Crippen LogP contribution in [-0.2, 0) is 9.53 Å². The van der Waals surface area contributed by atoms with Crippen molar-refractivity contribution in [2.45, 2.75) is 136 Å². The number of hydrogen-bond acceptors (Lipinski definition) is 3. The number of thioether (sulfide) groups is 1. The van der Waals surface area contributed by atoms with Gasteiger partial charge in [0.15, 0.2) is 0 Å². The lowest BCUT2D eigenvalue weighted by Gasteiger charge is -2.05. The first kappa shape index (κ1) is 27.8. The molecular formula is C25H50O2S. The SMILES string of the molecule is CCCCCCCCCCCCCCOC(=O)CCSCCCCCCCC. The normalized spacial score (nSPS) is 11.1. The highest BCUT2D eigenvalue weighted by Gasteiger charge is 2.02. The molecule has 2 nitrogen and oxygen atoms in total. The summed E-state index contributed by atoms with van der Waals surface area (Å²) in [6.45, 7) is 5.16. The molecule has 0 saturated carbocycles. The van der Waals surface area contributed by atoms with Gasteiger partial charge in [-0.2, -0.15) is 11.8 Å². The maximum absolute atomic E-state index is 11.7. The van der Waals surface area contributed by atoms with Crippen LogP contribution < -0.4 is 0 Å². The first-order valence-electron chi connectivity index (χ1n) is 12.5. The van der Waals surface area contributed by atoms with E-state index < -0.39 is 0 Å². The van der Waals surface area contributed by atoms with Crippen molar-refractivity contribution in [1.29, 1.82) is 0 Å². The number of hydrogen-bond donors (Lipinski definition) is 0. The highest BCUT2D eigenvalue weighted by molar-refractivity contribution is 7.99. The molecule has 0 aliphatic carbocycles. The Morgan fingerprint density at radius 3 is 1.50 bits per heavy atom. The van der Waals surface area contributed by atoms with Crippen LogP contribution in [0.5, 0.6) is 0 Å². The largest absolute Gasteiger partial charge is 0.466 e. The van der Waals surface area contributed by atoms with Crippen LogP contribution in [0.15, 0.2) is 0 Å². The standard InChI is InChI=1S/C25H50O2S/c1-3-5-7-9-11-12-13-14-15-16-17-19-22-27-25(26)21-24-28-23-20-18-10-8-6-4-2/h3-24H2,1-2H3. The van der Waals surface area contributed by atoms with E-state index in [-0.39, 0.29) is 5.97 Å². The van der Waals surface area contributed by atoms with Gasteiger partial charge in [0.25, 0.3) is 0 Å². The molecule has 0 aromatic rings. The molecule has 0 rings (SSSR count). The van der Waals surface area contributed by atoms with Crippen LogP contribution in [0.25, 0.3) is 0 Å². The quantitative estimate of drug-likeness (QED) is 0.123. The van der Waals surface area contributed by atoms with Gasteiger partial charge in [0.05, 0.1) is 13.0 Å². The van der Waals surface area contributed by atoms with Crippen LogP contribution in [0.2, 0.25) is 0 Å². The summed E-state index contributed by atoms with van der Waals surface area (Å²) in [7, 11) is 0. The van der Waals surface area contributed by atoms with Gasteiger partial charge in [0.1, 0.15) is 0 Å². The number of unbranched alkanes of at least 4 members (excludes halogenated alkanes) is 16. The zero-order valence-corrected chi connectivity index (χ0v) is 20.1. The van der Waals surface area contributed by atoms with Gasteiger partial charge in [0, 0.05) is 5.75 Å². The molecule has 28 heavy (non-hydrogen) atoms. The predicted molar refractivity (Wildman–Crippen MR) is 127 cm³/mol. The number of esters is 1. The van der Waals surface area contributed by atoms with Gasteiger partial charge >= 0.3 is 5.97 Å². The third-order valence-electron chi connectivity index (χ3n) is 5.35. The van der Waals surface area contributed by atoms with Crippen LogP contribution in [0.1, 0.15) is 136 Å². The molecular weight excluding hydrogens is 364 g/mol. The molecule has 0 amide bonds. The Bertz CT molecular complexity index is 307. The molecule has 0 atom stereocenters. The van der Waals surface area contributed by atoms with Crippen LogP contribution in [0, 0.1) is 0 Å². The van der Waals surface area contributed by atoms with Gasteiger partial charge < -0.3 is 4.74 Å². The summed E-state index contributed by atoms with van der Waals surface area (Å²) in [6.07, 6.45) is 24.8. The topological polar surface area (TPSA) is 26.3 Å². The molecule has 168 valence electrons. The molecule has 3 heteroatoms. The zero-order chi connectivity index (χ0) is 20.5. The lowest BCUT2D eigenvalue weighted by Crippen LogP contribution is -2.07. The summed E-state index contributed by atoms with van der Waals surface area (Å²) in [4.78, 5) is 11.7. The van der Waals surface area contributed by atoms with Crippen LogP contribution >= 0.6 is 11.8 Å². The van der Waals surface area contributed by atoms with E-state index in [4.69, 9.17) is 4.74 Å². The van der Waals surface area contributed by atoms with Crippen LogP contribution in [0.3, 0.4) is 0 Å². The van der Waals surface area contributed by atoms with Crippen molar-refractivity contribution in [3.63, 3.8) is 0 Å². The second-order valence-electron chi connectivity index (χ2n) is 8.24. The summed E-state index contributed by atoms with van der Waals surface area (Å²) in [6, 6.07) is 0. The minimum Gasteiger partial charge on any atom is -0.466 e. The van der Waals surface area contributed by atoms with Gasteiger partial charge in [0.2, 0.25) is 0 Å². The maximum atomic E-state index is 11.7. The van der Waals surface area contributed by atoms with Gasteiger partial charge in [-0.05, 0) is 18.6 Å². The summed E-state index contributed by atoms with van der Waals surface area (Å²) < 4.78 is 5.35. The molecule has 0 saturated heterocycles. The smallest absolute Gasteiger partial charge is 0.306 e. The van der Waals surface area contributed by atoms with Crippen LogP contribution in [-0.4, -0.2) is 24.1 Å². The fourth-order valence-corrected chi connectivity index (χ4v) is 4.37. The van der Waals surface area contributed by atoms with E-state index in [1.807, 2.05) is 11.8 Å². The maximum Gasteiger partial charge on any atom is 0.306 e. The molecule has 0 heterocycles. The van der Waals surface area contributed by atoms with E-state index in [0.29, 0.717) is 13.0 Å². The molecule has 0 aliphatic heterocycles.